The van der Waals surface area contributed by atoms with Crippen LogP contribution < -0.4 is 5.32 Å². The summed E-state index contributed by atoms with van der Waals surface area (Å²) in [5.41, 5.74) is 0. The van der Waals surface area contributed by atoms with Gasteiger partial charge in [-0.15, -0.1) is 0 Å². The predicted molar refractivity (Wildman–Crippen MR) is 159 cm³/mol. The van der Waals surface area contributed by atoms with Gasteiger partial charge < -0.3 is 40.3 Å². The Labute approximate surface area is 257 Å². The smallest absolute Gasteiger partial charge is 0.394 e. The van der Waals surface area contributed by atoms with Crippen LogP contribution >= 0.6 is 0 Å². The number of hydrogen-bond acceptors (Lipinski definition) is 11. The summed E-state index contributed by atoms with van der Waals surface area (Å²) in [5, 5.41) is 54.3. The minimum absolute atomic E-state index is 0.261. The third-order valence-corrected chi connectivity index (χ3v) is 8.24. The van der Waals surface area contributed by atoms with E-state index in [0.717, 1.165) is 51.4 Å². The maximum absolute atomic E-state index is 12.8. The molecule has 1 saturated heterocycles. The summed E-state index contributed by atoms with van der Waals surface area (Å²) in [5.74, 6) is -0.681. The third-order valence-electron chi connectivity index (χ3n) is 7.77. The van der Waals surface area contributed by atoms with Crippen molar-refractivity contribution >= 4 is 16.3 Å². The lowest BCUT2D eigenvalue weighted by molar-refractivity contribution is -0.298. The molecule has 0 radical (unpaired) electrons. The Hall–Kier alpha value is -0.940. The van der Waals surface area contributed by atoms with E-state index in [-0.39, 0.29) is 6.42 Å². The lowest BCUT2D eigenvalue weighted by Gasteiger charge is -2.41. The van der Waals surface area contributed by atoms with Gasteiger partial charge in [0.15, 0.2) is 6.29 Å². The molecular formula is C29H57NO12S. The first kappa shape index (κ1) is 40.1. The van der Waals surface area contributed by atoms with Crippen molar-refractivity contribution in [2.24, 2.45) is 0 Å². The number of carbonyl (C=O) groups excluding carboxylic acids is 1. The first-order valence-corrected chi connectivity index (χ1v) is 17.4. The van der Waals surface area contributed by atoms with Crippen LogP contribution in [0.4, 0.5) is 0 Å². The summed E-state index contributed by atoms with van der Waals surface area (Å²) in [7, 11) is -5.09. The number of rotatable bonds is 25. The minimum Gasteiger partial charge on any atom is -0.394 e. The summed E-state index contributed by atoms with van der Waals surface area (Å²) >= 11 is 0. The highest BCUT2D eigenvalue weighted by molar-refractivity contribution is 7.80. The molecule has 13 nitrogen and oxygen atoms in total. The fourth-order valence-corrected chi connectivity index (χ4v) is 5.62. The number of nitrogens with one attached hydrogen (secondary N) is 1. The van der Waals surface area contributed by atoms with Crippen molar-refractivity contribution in [3.63, 3.8) is 0 Å². The Morgan fingerprint density at radius 1 is 0.837 bits per heavy atom. The molecule has 0 saturated carbocycles. The van der Waals surface area contributed by atoms with Crippen LogP contribution in [0.2, 0.25) is 0 Å². The second-order valence-electron chi connectivity index (χ2n) is 11.5. The predicted octanol–water partition coefficient (Wildman–Crippen LogP) is 2.12. The van der Waals surface area contributed by atoms with Crippen LogP contribution in [0.5, 0.6) is 0 Å². The van der Waals surface area contributed by atoms with Gasteiger partial charge in [-0.3, -0.25) is 9.35 Å². The van der Waals surface area contributed by atoms with Gasteiger partial charge in [-0.05, 0) is 12.8 Å². The molecule has 14 heteroatoms. The largest absolute Gasteiger partial charge is 0.397 e. The average molecular weight is 644 g/mol. The van der Waals surface area contributed by atoms with Crippen molar-refractivity contribution in [2.45, 2.75) is 166 Å². The molecule has 0 aromatic carbocycles. The van der Waals surface area contributed by atoms with E-state index in [1.807, 2.05) is 0 Å². The summed E-state index contributed by atoms with van der Waals surface area (Å²) in [6, 6.07) is -1.02. The van der Waals surface area contributed by atoms with Crippen LogP contribution in [0.15, 0.2) is 0 Å². The fraction of sp³-hybridized carbons (Fsp3) is 0.966. The van der Waals surface area contributed by atoms with E-state index in [2.05, 4.69) is 23.3 Å². The van der Waals surface area contributed by atoms with Crippen LogP contribution in [0, 0.1) is 0 Å². The van der Waals surface area contributed by atoms with Crippen LogP contribution in [-0.2, 0) is 28.9 Å². The molecule has 1 aliphatic rings. The molecule has 1 rings (SSSR count). The lowest BCUT2D eigenvalue weighted by Crippen LogP contribution is -2.61. The van der Waals surface area contributed by atoms with E-state index in [0.29, 0.717) is 19.3 Å². The fourth-order valence-electron chi connectivity index (χ4n) is 5.11. The van der Waals surface area contributed by atoms with Gasteiger partial charge >= 0.3 is 10.4 Å². The molecule has 256 valence electrons. The summed E-state index contributed by atoms with van der Waals surface area (Å²) in [6.45, 7) is 3.08. The molecule has 1 aliphatic heterocycles. The van der Waals surface area contributed by atoms with Gasteiger partial charge in [0.1, 0.15) is 30.5 Å². The second kappa shape index (κ2) is 22.5. The quantitative estimate of drug-likeness (QED) is 0.0563. The normalized spacial score (nSPS) is 24.9. The highest BCUT2D eigenvalue weighted by atomic mass is 32.3. The highest BCUT2D eigenvalue weighted by Gasteiger charge is 2.48. The molecule has 8 atom stereocenters. The Bertz CT molecular complexity index is 832. The highest BCUT2D eigenvalue weighted by Crippen LogP contribution is 2.26. The van der Waals surface area contributed by atoms with Crippen molar-refractivity contribution in [1.29, 1.82) is 0 Å². The summed E-state index contributed by atoms with van der Waals surface area (Å²) < 4.78 is 46.9. The Morgan fingerprint density at radius 3 is 1.86 bits per heavy atom. The van der Waals surface area contributed by atoms with Crippen molar-refractivity contribution in [2.75, 3.05) is 13.2 Å². The third kappa shape index (κ3) is 16.8. The van der Waals surface area contributed by atoms with Gasteiger partial charge in [0.05, 0.1) is 25.4 Å². The SMILES string of the molecule is CCCCCCCCCCC(O)C(=O)NC(COC1OC(CO)C(O)C(OS(=O)(=O)O)C1O)C(O)CCCCCCCC. The molecule has 0 bridgehead atoms. The van der Waals surface area contributed by atoms with Crippen molar-refractivity contribution in [3.05, 3.63) is 0 Å². The average Bonchev–Trinajstić information content (AvgIpc) is 2.96. The minimum atomic E-state index is -5.09. The van der Waals surface area contributed by atoms with E-state index >= 15 is 0 Å². The zero-order valence-electron chi connectivity index (χ0n) is 25.9. The van der Waals surface area contributed by atoms with Crippen LogP contribution in [-0.4, -0.2) is 107 Å². The standard InChI is InChI=1S/C29H57NO12S/c1-3-5-7-9-11-12-14-16-18-23(33)28(36)30-21(22(32)17-15-13-10-8-6-4-2)20-40-29-26(35)27(42-43(37,38)39)25(34)24(19-31)41-29/h21-27,29,31-35H,3-20H2,1-2H3,(H,30,36)(H,37,38,39). The molecule has 7 N–H and O–H groups in total. The molecule has 0 aromatic rings. The first-order valence-electron chi connectivity index (χ1n) is 16.0. The van der Waals surface area contributed by atoms with Gasteiger partial charge in [0.2, 0.25) is 5.91 Å². The summed E-state index contributed by atoms with van der Waals surface area (Å²) in [6.07, 6.45) is 3.91. The maximum atomic E-state index is 12.8. The zero-order chi connectivity index (χ0) is 32.3. The van der Waals surface area contributed by atoms with E-state index in [1.54, 1.807) is 0 Å². The molecule has 8 unspecified atom stereocenters. The molecule has 0 aromatic heterocycles. The van der Waals surface area contributed by atoms with E-state index in [1.165, 1.54) is 25.7 Å². The van der Waals surface area contributed by atoms with Gasteiger partial charge in [-0.2, -0.15) is 8.42 Å². The van der Waals surface area contributed by atoms with Crippen molar-refractivity contribution in [3.8, 4) is 0 Å². The van der Waals surface area contributed by atoms with Gasteiger partial charge in [-0.25, -0.2) is 4.18 Å². The van der Waals surface area contributed by atoms with Crippen molar-refractivity contribution < 1.29 is 57.0 Å². The number of aliphatic hydroxyl groups excluding tert-OH is 5. The topological polar surface area (TPSA) is 212 Å². The molecule has 1 heterocycles. The monoisotopic (exact) mass is 643 g/mol. The maximum Gasteiger partial charge on any atom is 0.397 e. The van der Waals surface area contributed by atoms with Crippen LogP contribution in [0.3, 0.4) is 0 Å². The molecular weight excluding hydrogens is 586 g/mol. The Kier molecular flexibility index (Phi) is 21.0. The van der Waals surface area contributed by atoms with Gasteiger partial charge in [0, 0.05) is 0 Å². The molecule has 43 heavy (non-hydrogen) atoms. The first-order chi connectivity index (χ1) is 20.4. The number of hydrogen-bond donors (Lipinski definition) is 7. The van der Waals surface area contributed by atoms with E-state index in [9.17, 15) is 38.7 Å². The van der Waals surface area contributed by atoms with E-state index in [4.69, 9.17) is 14.0 Å². The Balaban J connectivity index is 2.78. The number of ether oxygens (including phenoxy) is 2. The Morgan fingerprint density at radius 2 is 1.35 bits per heavy atom. The number of amides is 1. The van der Waals surface area contributed by atoms with Crippen LogP contribution in [0.25, 0.3) is 0 Å². The molecule has 0 aliphatic carbocycles. The number of aliphatic hydroxyl groups is 5. The van der Waals surface area contributed by atoms with Gasteiger partial charge in [0.25, 0.3) is 0 Å². The van der Waals surface area contributed by atoms with Crippen molar-refractivity contribution in [1.82, 2.24) is 5.32 Å². The molecule has 1 amide bonds. The molecule has 1 fully saturated rings. The number of carbonyl (C=O) groups is 1. The molecule has 0 spiro atoms. The summed E-state index contributed by atoms with van der Waals surface area (Å²) in [4.78, 5) is 12.8. The lowest BCUT2D eigenvalue weighted by atomic mass is 9.99. The van der Waals surface area contributed by atoms with Crippen LogP contribution in [0.1, 0.15) is 117 Å². The van der Waals surface area contributed by atoms with E-state index < -0.39 is 78.5 Å². The second-order valence-corrected chi connectivity index (χ2v) is 12.6. The number of unbranched alkanes of at least 4 members (excludes halogenated alkanes) is 12. The van der Waals surface area contributed by atoms with Gasteiger partial charge in [-0.1, -0.05) is 104 Å². The zero-order valence-corrected chi connectivity index (χ0v) is 26.7.